The van der Waals surface area contributed by atoms with Gasteiger partial charge in [-0.05, 0) is 44.5 Å². The number of nitrogens with one attached hydrogen (secondary N) is 1. The molecule has 0 saturated heterocycles. The number of aryl methyl sites for hydroxylation is 2. The van der Waals surface area contributed by atoms with E-state index in [2.05, 4.69) is 15.5 Å². The van der Waals surface area contributed by atoms with Crippen LogP contribution in [0.3, 0.4) is 0 Å². The van der Waals surface area contributed by atoms with Gasteiger partial charge in [0, 0.05) is 0 Å². The standard InChI is InChI=1S/C18H19N3O4/c1-4-23-14-7-5-13(6-8-14)10-16(22)19-18-21-20-17(25-18)15-9-11(2)24-12(15)3/h5-9H,4,10H2,1-3H3,(H,19,21,22). The lowest BCUT2D eigenvalue weighted by Gasteiger charge is -2.04. The van der Waals surface area contributed by atoms with Crippen LogP contribution in [0.4, 0.5) is 6.01 Å². The molecule has 0 fully saturated rings. The van der Waals surface area contributed by atoms with Crippen molar-refractivity contribution in [3.8, 4) is 17.2 Å². The summed E-state index contributed by atoms with van der Waals surface area (Å²) < 4.78 is 16.3. The lowest BCUT2D eigenvalue weighted by molar-refractivity contribution is -0.115. The molecule has 0 unspecified atom stereocenters. The summed E-state index contributed by atoms with van der Waals surface area (Å²) in [5.41, 5.74) is 1.58. The SMILES string of the molecule is CCOc1ccc(CC(=O)Nc2nnc(-c3cc(C)oc3C)o2)cc1. The highest BCUT2D eigenvalue weighted by molar-refractivity contribution is 5.90. The topological polar surface area (TPSA) is 90.4 Å². The molecule has 1 N–H and O–H groups in total. The Morgan fingerprint density at radius 2 is 1.92 bits per heavy atom. The van der Waals surface area contributed by atoms with Crippen molar-refractivity contribution in [1.82, 2.24) is 10.2 Å². The fourth-order valence-electron chi connectivity index (χ4n) is 2.44. The van der Waals surface area contributed by atoms with Gasteiger partial charge in [-0.3, -0.25) is 10.1 Å². The van der Waals surface area contributed by atoms with Gasteiger partial charge in [0.1, 0.15) is 17.3 Å². The van der Waals surface area contributed by atoms with E-state index in [1.165, 1.54) is 0 Å². The second-order valence-electron chi connectivity index (χ2n) is 5.54. The fraction of sp³-hybridized carbons (Fsp3) is 0.278. The predicted octanol–water partition coefficient (Wildman–Crippen LogP) is 3.53. The van der Waals surface area contributed by atoms with Crippen LogP contribution >= 0.6 is 0 Å². The molecule has 25 heavy (non-hydrogen) atoms. The third-order valence-electron chi connectivity index (χ3n) is 3.54. The number of aromatic nitrogens is 2. The van der Waals surface area contributed by atoms with Crippen molar-refractivity contribution in [2.75, 3.05) is 11.9 Å². The van der Waals surface area contributed by atoms with E-state index in [4.69, 9.17) is 13.6 Å². The molecule has 0 aliphatic heterocycles. The molecular formula is C18H19N3O4. The van der Waals surface area contributed by atoms with Gasteiger partial charge in [-0.15, -0.1) is 5.10 Å². The second kappa shape index (κ2) is 7.21. The number of nitrogens with zero attached hydrogens (tertiary/aromatic N) is 2. The molecule has 0 spiro atoms. The summed E-state index contributed by atoms with van der Waals surface area (Å²) in [6.45, 7) is 6.18. The zero-order valence-electron chi connectivity index (χ0n) is 14.3. The minimum absolute atomic E-state index is 0.0594. The Morgan fingerprint density at radius 3 is 2.56 bits per heavy atom. The third kappa shape index (κ3) is 4.06. The average Bonchev–Trinajstić information content (AvgIpc) is 3.15. The summed E-state index contributed by atoms with van der Waals surface area (Å²) in [5.74, 6) is 2.30. The van der Waals surface area contributed by atoms with E-state index in [9.17, 15) is 4.79 Å². The Balaban J connectivity index is 1.62. The van der Waals surface area contributed by atoms with Gasteiger partial charge in [0.25, 0.3) is 5.89 Å². The van der Waals surface area contributed by atoms with E-state index < -0.39 is 0 Å². The fourth-order valence-corrected chi connectivity index (χ4v) is 2.44. The normalized spacial score (nSPS) is 10.7. The molecule has 0 aliphatic rings. The second-order valence-corrected chi connectivity index (χ2v) is 5.54. The summed E-state index contributed by atoms with van der Waals surface area (Å²) in [6.07, 6.45) is 0.202. The highest BCUT2D eigenvalue weighted by Gasteiger charge is 2.16. The van der Waals surface area contributed by atoms with Crippen molar-refractivity contribution in [2.24, 2.45) is 0 Å². The van der Waals surface area contributed by atoms with Crippen LogP contribution in [0, 0.1) is 13.8 Å². The first kappa shape index (κ1) is 16.8. The number of ether oxygens (including phenoxy) is 1. The van der Waals surface area contributed by atoms with E-state index in [-0.39, 0.29) is 18.3 Å². The van der Waals surface area contributed by atoms with E-state index in [0.29, 0.717) is 18.3 Å². The quantitative estimate of drug-likeness (QED) is 0.737. The van der Waals surface area contributed by atoms with Gasteiger partial charge in [-0.25, -0.2) is 0 Å². The number of amides is 1. The first-order valence-electron chi connectivity index (χ1n) is 7.97. The average molecular weight is 341 g/mol. The molecule has 0 aliphatic carbocycles. The molecular weight excluding hydrogens is 322 g/mol. The monoisotopic (exact) mass is 341 g/mol. The predicted molar refractivity (Wildman–Crippen MR) is 91.4 cm³/mol. The molecule has 3 aromatic rings. The number of hydrogen-bond donors (Lipinski definition) is 1. The molecule has 0 bridgehead atoms. The number of rotatable bonds is 6. The van der Waals surface area contributed by atoms with Crippen molar-refractivity contribution in [1.29, 1.82) is 0 Å². The van der Waals surface area contributed by atoms with Crippen LogP contribution in [0.5, 0.6) is 5.75 Å². The van der Waals surface area contributed by atoms with Crippen molar-refractivity contribution >= 4 is 11.9 Å². The molecule has 7 nitrogen and oxygen atoms in total. The highest BCUT2D eigenvalue weighted by atomic mass is 16.5. The summed E-state index contributed by atoms with van der Waals surface area (Å²) in [4.78, 5) is 12.1. The van der Waals surface area contributed by atoms with Crippen LogP contribution in [0.2, 0.25) is 0 Å². The van der Waals surface area contributed by atoms with E-state index in [0.717, 1.165) is 22.6 Å². The Kier molecular flexibility index (Phi) is 4.83. The minimum atomic E-state index is -0.237. The number of benzene rings is 1. The van der Waals surface area contributed by atoms with Crippen molar-refractivity contribution in [2.45, 2.75) is 27.2 Å². The molecule has 2 heterocycles. The van der Waals surface area contributed by atoms with E-state index >= 15 is 0 Å². The zero-order chi connectivity index (χ0) is 17.8. The van der Waals surface area contributed by atoms with E-state index in [1.54, 1.807) is 0 Å². The Hall–Kier alpha value is -3.09. The molecule has 7 heteroatoms. The third-order valence-corrected chi connectivity index (χ3v) is 3.54. The van der Waals surface area contributed by atoms with Crippen molar-refractivity contribution in [3.63, 3.8) is 0 Å². The van der Waals surface area contributed by atoms with Crippen LogP contribution < -0.4 is 10.1 Å². The van der Waals surface area contributed by atoms with Gasteiger partial charge in [0.05, 0.1) is 18.6 Å². The van der Waals surface area contributed by atoms with Gasteiger partial charge in [0.2, 0.25) is 5.91 Å². The van der Waals surface area contributed by atoms with E-state index in [1.807, 2.05) is 51.1 Å². The Labute approximate surface area is 145 Å². The highest BCUT2D eigenvalue weighted by Crippen LogP contribution is 2.26. The zero-order valence-corrected chi connectivity index (χ0v) is 14.3. The maximum absolute atomic E-state index is 12.1. The molecule has 2 aromatic heterocycles. The first-order valence-corrected chi connectivity index (χ1v) is 7.97. The smallest absolute Gasteiger partial charge is 0.322 e. The molecule has 1 aromatic carbocycles. The maximum atomic E-state index is 12.1. The van der Waals surface area contributed by atoms with Crippen LogP contribution in [-0.4, -0.2) is 22.7 Å². The van der Waals surface area contributed by atoms with Gasteiger partial charge < -0.3 is 13.6 Å². The molecule has 0 saturated carbocycles. The maximum Gasteiger partial charge on any atom is 0.322 e. The Bertz CT molecular complexity index is 865. The lowest BCUT2D eigenvalue weighted by atomic mass is 10.1. The van der Waals surface area contributed by atoms with Crippen LogP contribution in [0.25, 0.3) is 11.5 Å². The largest absolute Gasteiger partial charge is 0.494 e. The summed E-state index contributed by atoms with van der Waals surface area (Å²) in [5, 5.41) is 10.4. The molecule has 0 radical (unpaired) electrons. The van der Waals surface area contributed by atoms with Gasteiger partial charge >= 0.3 is 6.01 Å². The Morgan fingerprint density at radius 1 is 1.16 bits per heavy atom. The van der Waals surface area contributed by atoms with Gasteiger partial charge in [-0.2, -0.15) is 0 Å². The van der Waals surface area contributed by atoms with Gasteiger partial charge in [-0.1, -0.05) is 17.2 Å². The molecule has 0 atom stereocenters. The molecule has 1 amide bonds. The van der Waals surface area contributed by atoms with Crippen molar-refractivity contribution in [3.05, 3.63) is 47.4 Å². The first-order chi connectivity index (χ1) is 12.0. The minimum Gasteiger partial charge on any atom is -0.494 e. The lowest BCUT2D eigenvalue weighted by Crippen LogP contribution is -2.14. The summed E-state index contributed by atoms with van der Waals surface area (Å²) in [7, 11) is 0. The number of carbonyl (C=O) groups excluding carboxylic acids is 1. The molecule has 3 rings (SSSR count). The summed E-state index contributed by atoms with van der Waals surface area (Å²) >= 11 is 0. The van der Waals surface area contributed by atoms with Crippen LogP contribution in [0.1, 0.15) is 24.0 Å². The van der Waals surface area contributed by atoms with Crippen molar-refractivity contribution < 1.29 is 18.4 Å². The van der Waals surface area contributed by atoms with Crippen LogP contribution in [0.15, 0.2) is 39.2 Å². The van der Waals surface area contributed by atoms with Gasteiger partial charge in [0.15, 0.2) is 0 Å². The number of hydrogen-bond acceptors (Lipinski definition) is 6. The number of carbonyl (C=O) groups is 1. The summed E-state index contributed by atoms with van der Waals surface area (Å²) in [6, 6.07) is 9.24. The van der Waals surface area contributed by atoms with Crippen LogP contribution in [-0.2, 0) is 11.2 Å². The molecule has 130 valence electrons. The number of anilines is 1. The number of furan rings is 1.